The van der Waals surface area contributed by atoms with Gasteiger partial charge in [-0.3, -0.25) is 9.59 Å². The van der Waals surface area contributed by atoms with Gasteiger partial charge in [-0.2, -0.15) is 5.10 Å². The maximum atomic E-state index is 13.2. The highest BCUT2D eigenvalue weighted by molar-refractivity contribution is 6.37. The number of benzene rings is 2. The molecule has 3 rings (SSSR count). The summed E-state index contributed by atoms with van der Waals surface area (Å²) in [6, 6.07) is 12.1. The number of ether oxygens (including phenoxy) is 1. The summed E-state index contributed by atoms with van der Waals surface area (Å²) in [7, 11) is 0. The fourth-order valence-corrected chi connectivity index (χ4v) is 3.24. The molecule has 0 unspecified atom stereocenters. The molecular weight excluding hydrogens is 456 g/mol. The molecule has 2 aromatic carbocycles. The third-order valence-corrected chi connectivity index (χ3v) is 4.78. The molecule has 0 atom stereocenters. The van der Waals surface area contributed by atoms with Gasteiger partial charge in [0.15, 0.2) is 12.4 Å². The zero-order valence-corrected chi connectivity index (χ0v) is 17.6. The number of hydrogen-bond acceptors (Lipinski definition) is 4. The lowest BCUT2D eigenvalue weighted by Gasteiger charge is -2.11. The largest absolute Gasteiger partial charge is 0.481 e. The topological polar surface area (TPSA) is 73.2 Å². The molecule has 0 aliphatic heterocycles. The number of rotatable bonds is 7. The van der Waals surface area contributed by atoms with Crippen molar-refractivity contribution in [2.45, 2.75) is 6.54 Å². The Hall–Kier alpha value is -2.61. The van der Waals surface area contributed by atoms with Gasteiger partial charge < -0.3 is 10.1 Å². The molecule has 10 heteroatoms. The van der Waals surface area contributed by atoms with Crippen LogP contribution in [0.3, 0.4) is 0 Å². The number of carbonyl (C=O) groups excluding carboxylic acids is 1. The Morgan fingerprint density at radius 1 is 1.07 bits per heavy atom. The molecule has 1 N–H and O–H groups in total. The Kier molecular flexibility index (Phi) is 7.31. The molecular formula is C20H15Cl3FN3O3. The van der Waals surface area contributed by atoms with E-state index in [1.807, 2.05) is 0 Å². The van der Waals surface area contributed by atoms with Crippen molar-refractivity contribution in [1.82, 2.24) is 15.1 Å². The van der Waals surface area contributed by atoms with Gasteiger partial charge in [-0.15, -0.1) is 0 Å². The van der Waals surface area contributed by atoms with Crippen LogP contribution < -0.4 is 15.6 Å². The van der Waals surface area contributed by atoms with Gasteiger partial charge in [0.05, 0.1) is 22.3 Å². The van der Waals surface area contributed by atoms with E-state index < -0.39 is 11.7 Å². The molecule has 0 fully saturated rings. The molecule has 0 spiro atoms. The molecule has 0 bridgehead atoms. The summed E-state index contributed by atoms with van der Waals surface area (Å²) in [5.41, 5.74) is 1.10. The summed E-state index contributed by atoms with van der Waals surface area (Å²) in [5, 5.41) is 7.43. The summed E-state index contributed by atoms with van der Waals surface area (Å²) < 4.78 is 19.7. The zero-order valence-electron chi connectivity index (χ0n) is 15.4. The Bertz CT molecular complexity index is 1100. The molecule has 0 aliphatic carbocycles. The molecule has 30 heavy (non-hydrogen) atoms. The van der Waals surface area contributed by atoms with Gasteiger partial charge in [0.1, 0.15) is 5.82 Å². The smallest absolute Gasteiger partial charge is 0.266 e. The van der Waals surface area contributed by atoms with Crippen LogP contribution in [0.1, 0.15) is 0 Å². The lowest BCUT2D eigenvalue weighted by atomic mass is 10.1. The lowest BCUT2D eigenvalue weighted by Crippen LogP contribution is -2.34. The zero-order chi connectivity index (χ0) is 21.7. The summed E-state index contributed by atoms with van der Waals surface area (Å²) in [4.78, 5) is 24.0. The fourth-order valence-electron chi connectivity index (χ4n) is 2.54. The first-order valence-electron chi connectivity index (χ1n) is 8.71. The Balaban J connectivity index is 1.56. The third kappa shape index (κ3) is 5.72. The van der Waals surface area contributed by atoms with Crippen LogP contribution in [0.25, 0.3) is 11.3 Å². The van der Waals surface area contributed by atoms with Crippen LogP contribution in [0.2, 0.25) is 15.1 Å². The summed E-state index contributed by atoms with van der Waals surface area (Å²) in [6.45, 7) is -0.0771. The van der Waals surface area contributed by atoms with Crippen molar-refractivity contribution >= 4 is 40.7 Å². The predicted octanol–water partition coefficient (Wildman–Crippen LogP) is 4.20. The van der Waals surface area contributed by atoms with Crippen LogP contribution in [0.15, 0.2) is 53.3 Å². The first kappa shape index (κ1) is 22.1. The molecule has 0 radical (unpaired) electrons. The van der Waals surface area contributed by atoms with E-state index >= 15 is 0 Å². The monoisotopic (exact) mass is 469 g/mol. The lowest BCUT2D eigenvalue weighted by molar-refractivity contribution is -0.123. The van der Waals surface area contributed by atoms with E-state index in [0.29, 0.717) is 10.7 Å². The second-order valence-electron chi connectivity index (χ2n) is 6.12. The second-order valence-corrected chi connectivity index (χ2v) is 7.37. The van der Waals surface area contributed by atoms with Crippen molar-refractivity contribution in [3.63, 3.8) is 0 Å². The van der Waals surface area contributed by atoms with Gasteiger partial charge >= 0.3 is 0 Å². The van der Waals surface area contributed by atoms with E-state index in [2.05, 4.69) is 10.4 Å². The van der Waals surface area contributed by atoms with E-state index in [9.17, 15) is 14.0 Å². The molecule has 0 saturated carbocycles. The van der Waals surface area contributed by atoms with Gasteiger partial charge in [0, 0.05) is 23.2 Å². The first-order chi connectivity index (χ1) is 14.3. The highest BCUT2D eigenvalue weighted by Crippen LogP contribution is 2.33. The van der Waals surface area contributed by atoms with Crippen molar-refractivity contribution in [3.05, 3.63) is 79.8 Å². The van der Waals surface area contributed by atoms with E-state index in [4.69, 9.17) is 39.5 Å². The van der Waals surface area contributed by atoms with Gasteiger partial charge in [0.25, 0.3) is 11.5 Å². The minimum atomic E-state index is -0.611. The highest BCUT2D eigenvalue weighted by atomic mass is 35.5. The molecule has 0 saturated heterocycles. The van der Waals surface area contributed by atoms with Crippen molar-refractivity contribution in [3.8, 4) is 17.0 Å². The molecule has 3 aromatic rings. The van der Waals surface area contributed by atoms with Crippen LogP contribution in [0, 0.1) is 5.82 Å². The van der Waals surface area contributed by atoms with E-state index in [-0.39, 0.29) is 41.1 Å². The SMILES string of the molecule is O=C(COc1c(Cl)cc(F)cc1Cl)NCCn1nc(-c2ccc(Cl)cc2)ccc1=O. The normalized spacial score (nSPS) is 10.7. The average molecular weight is 471 g/mol. The molecule has 156 valence electrons. The van der Waals surface area contributed by atoms with Crippen LogP contribution in [-0.4, -0.2) is 28.8 Å². The minimum absolute atomic E-state index is 0.0171. The van der Waals surface area contributed by atoms with Crippen molar-refractivity contribution in [1.29, 1.82) is 0 Å². The molecule has 6 nitrogen and oxygen atoms in total. The van der Waals surface area contributed by atoms with E-state index in [1.54, 1.807) is 30.3 Å². The number of nitrogens with zero attached hydrogens (tertiary/aromatic N) is 2. The second kappa shape index (κ2) is 9.93. The number of hydrogen-bond donors (Lipinski definition) is 1. The maximum absolute atomic E-state index is 13.2. The molecule has 0 aliphatic rings. The Morgan fingerprint density at radius 2 is 1.73 bits per heavy atom. The Morgan fingerprint density at radius 3 is 2.40 bits per heavy atom. The minimum Gasteiger partial charge on any atom is -0.481 e. The van der Waals surface area contributed by atoms with E-state index in [1.165, 1.54) is 10.7 Å². The number of nitrogens with one attached hydrogen (secondary N) is 1. The Labute approximate surface area is 186 Å². The van der Waals surface area contributed by atoms with Gasteiger partial charge in [-0.05, 0) is 30.3 Å². The number of halogens is 4. The molecule has 1 amide bonds. The van der Waals surface area contributed by atoms with Crippen LogP contribution in [-0.2, 0) is 11.3 Å². The number of carbonyl (C=O) groups is 1. The highest BCUT2D eigenvalue weighted by Gasteiger charge is 2.12. The number of amides is 1. The molecule has 1 heterocycles. The maximum Gasteiger partial charge on any atom is 0.266 e. The van der Waals surface area contributed by atoms with Crippen LogP contribution in [0.5, 0.6) is 5.75 Å². The molecule has 1 aromatic heterocycles. The summed E-state index contributed by atoms with van der Waals surface area (Å²) in [5.74, 6) is -1.06. The predicted molar refractivity (Wildman–Crippen MR) is 114 cm³/mol. The summed E-state index contributed by atoms with van der Waals surface area (Å²) >= 11 is 17.6. The van der Waals surface area contributed by atoms with Crippen LogP contribution in [0.4, 0.5) is 4.39 Å². The van der Waals surface area contributed by atoms with Crippen LogP contribution >= 0.6 is 34.8 Å². The number of aromatic nitrogens is 2. The average Bonchev–Trinajstić information content (AvgIpc) is 2.69. The standard InChI is InChI=1S/C20H15Cl3FN3O3/c21-13-3-1-12(2-4-13)17-5-6-19(29)27(26-17)8-7-25-18(28)11-30-20-15(22)9-14(24)10-16(20)23/h1-6,9-10H,7-8,11H2,(H,25,28). The van der Waals surface area contributed by atoms with Gasteiger partial charge in [-0.1, -0.05) is 46.9 Å². The van der Waals surface area contributed by atoms with Crippen molar-refractivity contribution in [2.24, 2.45) is 0 Å². The first-order valence-corrected chi connectivity index (χ1v) is 9.85. The van der Waals surface area contributed by atoms with E-state index in [0.717, 1.165) is 17.7 Å². The van der Waals surface area contributed by atoms with Gasteiger partial charge in [-0.25, -0.2) is 9.07 Å². The fraction of sp³-hybridized carbons (Fsp3) is 0.150. The van der Waals surface area contributed by atoms with Crippen molar-refractivity contribution in [2.75, 3.05) is 13.2 Å². The van der Waals surface area contributed by atoms with Gasteiger partial charge in [0.2, 0.25) is 0 Å². The van der Waals surface area contributed by atoms with Crippen molar-refractivity contribution < 1.29 is 13.9 Å². The summed E-state index contributed by atoms with van der Waals surface area (Å²) in [6.07, 6.45) is 0. The third-order valence-electron chi connectivity index (χ3n) is 3.96. The quantitative estimate of drug-likeness (QED) is 0.561.